The second kappa shape index (κ2) is 13.5. The van der Waals surface area contributed by atoms with E-state index in [-0.39, 0.29) is 10.8 Å². The van der Waals surface area contributed by atoms with Gasteiger partial charge in [0.05, 0.1) is 11.4 Å². The summed E-state index contributed by atoms with van der Waals surface area (Å²) in [5.74, 6) is 0.720. The third-order valence-electron chi connectivity index (χ3n) is 13.8. The molecule has 1 aromatic heterocycles. The number of nitrogens with zero attached hydrogens (tertiary/aromatic N) is 2. The zero-order valence-corrected chi connectivity index (χ0v) is 35.4. The van der Waals surface area contributed by atoms with Gasteiger partial charge in [0.1, 0.15) is 0 Å². The first-order valence-electron chi connectivity index (χ1n) is 21.7. The van der Waals surface area contributed by atoms with Gasteiger partial charge in [-0.25, -0.2) is 9.97 Å². The zero-order valence-electron chi connectivity index (χ0n) is 35.4. The van der Waals surface area contributed by atoms with Gasteiger partial charge in [0, 0.05) is 27.5 Å². The predicted octanol–water partition coefficient (Wildman–Crippen LogP) is 15.7. The van der Waals surface area contributed by atoms with E-state index in [4.69, 9.17) is 9.97 Å². The molecule has 0 radical (unpaired) electrons. The van der Waals surface area contributed by atoms with E-state index >= 15 is 0 Å². The maximum atomic E-state index is 5.33. The van der Waals surface area contributed by atoms with E-state index in [9.17, 15) is 0 Å². The minimum Gasteiger partial charge on any atom is -0.228 e. The quantitative estimate of drug-likeness (QED) is 0.173. The molecule has 2 heteroatoms. The molecule has 2 nitrogen and oxygen atoms in total. The van der Waals surface area contributed by atoms with Crippen molar-refractivity contribution in [1.82, 2.24) is 9.97 Å². The summed E-state index contributed by atoms with van der Waals surface area (Å²) < 4.78 is 0. The second-order valence-corrected chi connectivity index (χ2v) is 18.1. The Morgan fingerprint density at radius 3 is 1.65 bits per heavy atom. The molecule has 0 spiro atoms. The molecule has 0 aliphatic heterocycles. The number of hydrogen-bond donors (Lipinski definition) is 0. The van der Waals surface area contributed by atoms with E-state index < -0.39 is 0 Å². The van der Waals surface area contributed by atoms with Crippen LogP contribution in [0.25, 0.3) is 100.0 Å². The largest absolute Gasteiger partial charge is 0.228 e. The van der Waals surface area contributed by atoms with Crippen LogP contribution in [0.3, 0.4) is 0 Å². The fraction of sp³-hybridized carbons (Fsp3) is 0.100. The van der Waals surface area contributed by atoms with Crippen molar-refractivity contribution in [1.29, 1.82) is 0 Å². The molecule has 0 N–H and O–H groups in total. The van der Waals surface area contributed by atoms with Gasteiger partial charge in [-0.3, -0.25) is 0 Å². The van der Waals surface area contributed by atoms with Crippen molar-refractivity contribution in [3.05, 3.63) is 216 Å². The molecule has 294 valence electrons. The monoisotopic (exact) mass is 792 g/mol. The average molecular weight is 793 g/mol. The van der Waals surface area contributed by atoms with Gasteiger partial charge in [0.25, 0.3) is 0 Å². The van der Waals surface area contributed by atoms with Gasteiger partial charge in [-0.15, -0.1) is 0 Å². The summed E-state index contributed by atoms with van der Waals surface area (Å²) in [5, 5.41) is 4.88. The fourth-order valence-electron chi connectivity index (χ4n) is 10.8. The highest BCUT2D eigenvalue weighted by molar-refractivity contribution is 6.00. The van der Waals surface area contributed by atoms with Crippen LogP contribution in [-0.4, -0.2) is 9.97 Å². The van der Waals surface area contributed by atoms with E-state index in [1.807, 2.05) is 6.07 Å². The Bertz CT molecular complexity index is 3460. The molecule has 0 saturated carbocycles. The minimum absolute atomic E-state index is 0.104. The van der Waals surface area contributed by atoms with Crippen molar-refractivity contribution in [2.75, 3.05) is 0 Å². The standard InChI is InChI=1S/C60H44N2/c1-59(2)52-27-15-25-49(56(52)50-34-38-18-8-9-19-39(38)35-53(50)59)55-36-54(61-58(62-55)37-16-6-5-7-17-37)43-31-29-40-32-42(30-28-41(40)33-43)44-20-10-11-21-45(44)47-23-14-24-48-46-22-12-13-26-51(46)60(3,4)57(47)48/h5-36H,1-4H3. The highest BCUT2D eigenvalue weighted by Gasteiger charge is 2.39. The third-order valence-corrected chi connectivity index (χ3v) is 13.8. The molecule has 62 heavy (non-hydrogen) atoms. The molecule has 1 heterocycles. The number of benzene rings is 9. The summed E-state index contributed by atoms with van der Waals surface area (Å²) >= 11 is 0. The summed E-state index contributed by atoms with van der Waals surface area (Å²) in [6.07, 6.45) is 0. The van der Waals surface area contributed by atoms with E-state index in [0.29, 0.717) is 0 Å². The SMILES string of the molecule is CC1(C)c2cc3ccccc3cc2-c2c(-c3cc(-c4ccc5cc(-c6ccccc6-c6cccc7c6C(C)(C)c6ccccc6-7)ccc5c4)nc(-c4ccccc4)n3)cccc21. The van der Waals surface area contributed by atoms with Crippen LogP contribution in [0.15, 0.2) is 194 Å². The molecule has 2 aliphatic carbocycles. The first-order chi connectivity index (χ1) is 30.2. The lowest BCUT2D eigenvalue weighted by atomic mass is 9.78. The molecule has 9 aromatic carbocycles. The summed E-state index contributed by atoms with van der Waals surface area (Å²) in [7, 11) is 0. The Labute approximate surface area is 363 Å². The summed E-state index contributed by atoms with van der Waals surface area (Å²) in [6.45, 7) is 9.44. The van der Waals surface area contributed by atoms with Crippen LogP contribution >= 0.6 is 0 Å². The molecule has 12 rings (SSSR count). The molecular formula is C60H44N2. The van der Waals surface area contributed by atoms with Gasteiger partial charge >= 0.3 is 0 Å². The lowest BCUT2D eigenvalue weighted by molar-refractivity contribution is 0.661. The molecule has 0 atom stereocenters. The van der Waals surface area contributed by atoms with Crippen LogP contribution in [0.5, 0.6) is 0 Å². The Morgan fingerprint density at radius 1 is 0.306 bits per heavy atom. The third kappa shape index (κ3) is 5.49. The smallest absolute Gasteiger partial charge is 0.160 e. The predicted molar refractivity (Wildman–Crippen MR) is 259 cm³/mol. The Kier molecular flexibility index (Phi) is 7.96. The van der Waals surface area contributed by atoms with Crippen LogP contribution in [0.2, 0.25) is 0 Å². The second-order valence-electron chi connectivity index (χ2n) is 18.1. The van der Waals surface area contributed by atoms with Crippen LogP contribution in [0.4, 0.5) is 0 Å². The molecule has 0 amide bonds. The highest BCUT2D eigenvalue weighted by Crippen LogP contribution is 2.54. The van der Waals surface area contributed by atoms with Crippen LogP contribution < -0.4 is 0 Å². The molecular weight excluding hydrogens is 749 g/mol. The summed E-state index contributed by atoms with van der Waals surface area (Å²) in [4.78, 5) is 10.6. The van der Waals surface area contributed by atoms with Gasteiger partial charge in [-0.1, -0.05) is 191 Å². The molecule has 0 unspecified atom stereocenters. The Balaban J connectivity index is 0.973. The van der Waals surface area contributed by atoms with Crippen molar-refractivity contribution in [3.63, 3.8) is 0 Å². The van der Waals surface area contributed by atoms with Crippen LogP contribution in [-0.2, 0) is 10.8 Å². The van der Waals surface area contributed by atoms with Crippen molar-refractivity contribution in [3.8, 4) is 78.4 Å². The number of fused-ring (bicyclic) bond motifs is 8. The van der Waals surface area contributed by atoms with E-state index in [0.717, 1.165) is 33.9 Å². The van der Waals surface area contributed by atoms with E-state index in [1.165, 1.54) is 88.3 Å². The van der Waals surface area contributed by atoms with Crippen molar-refractivity contribution in [2.24, 2.45) is 0 Å². The van der Waals surface area contributed by atoms with Gasteiger partial charge in [0.2, 0.25) is 0 Å². The number of hydrogen-bond acceptors (Lipinski definition) is 2. The van der Waals surface area contributed by atoms with Crippen molar-refractivity contribution in [2.45, 2.75) is 38.5 Å². The topological polar surface area (TPSA) is 25.8 Å². The lowest BCUT2D eigenvalue weighted by Crippen LogP contribution is -2.16. The molecule has 0 fully saturated rings. The lowest BCUT2D eigenvalue weighted by Gasteiger charge is -2.25. The van der Waals surface area contributed by atoms with Gasteiger partial charge in [0.15, 0.2) is 5.82 Å². The summed E-state index contributed by atoms with van der Waals surface area (Å²) in [6, 6.07) is 71.0. The minimum atomic E-state index is -0.149. The first-order valence-corrected chi connectivity index (χ1v) is 21.7. The highest BCUT2D eigenvalue weighted by atomic mass is 14.9. The molecule has 0 bridgehead atoms. The molecule has 10 aromatic rings. The summed E-state index contributed by atoms with van der Waals surface area (Å²) in [5.41, 5.74) is 20.5. The molecule has 2 aliphatic rings. The fourth-order valence-corrected chi connectivity index (χ4v) is 10.8. The van der Waals surface area contributed by atoms with E-state index in [2.05, 4.69) is 216 Å². The van der Waals surface area contributed by atoms with Gasteiger partial charge in [-0.2, -0.15) is 0 Å². The maximum absolute atomic E-state index is 5.33. The average Bonchev–Trinajstić information content (AvgIpc) is 3.69. The normalized spacial score (nSPS) is 14.1. The van der Waals surface area contributed by atoms with Crippen LogP contribution in [0, 0.1) is 0 Å². The molecule has 0 saturated heterocycles. The van der Waals surface area contributed by atoms with Crippen molar-refractivity contribution < 1.29 is 0 Å². The first kappa shape index (κ1) is 36.4. The van der Waals surface area contributed by atoms with Crippen molar-refractivity contribution >= 4 is 21.5 Å². The van der Waals surface area contributed by atoms with E-state index in [1.54, 1.807) is 0 Å². The Hall–Kier alpha value is -7.42. The number of rotatable bonds is 5. The number of aromatic nitrogens is 2. The van der Waals surface area contributed by atoms with Crippen LogP contribution in [0.1, 0.15) is 49.9 Å². The maximum Gasteiger partial charge on any atom is 0.160 e. The van der Waals surface area contributed by atoms with Gasteiger partial charge in [-0.05, 0) is 119 Å². The van der Waals surface area contributed by atoms with Gasteiger partial charge < -0.3 is 0 Å². The Morgan fingerprint density at radius 2 is 0.855 bits per heavy atom. The zero-order chi connectivity index (χ0) is 41.7.